The highest BCUT2D eigenvalue weighted by atomic mass is 16.5. The number of anilines is 1. The first-order valence-corrected chi connectivity index (χ1v) is 9.79. The van der Waals surface area contributed by atoms with E-state index in [1.54, 1.807) is 36.3 Å². The molecule has 0 fully saturated rings. The Balaban J connectivity index is 1.83. The third-order valence-corrected chi connectivity index (χ3v) is 4.96. The van der Waals surface area contributed by atoms with Crippen molar-refractivity contribution in [2.45, 2.75) is 33.4 Å². The van der Waals surface area contributed by atoms with Gasteiger partial charge in [-0.2, -0.15) is 0 Å². The lowest BCUT2D eigenvalue weighted by atomic mass is 9.99. The van der Waals surface area contributed by atoms with Gasteiger partial charge in [0.25, 0.3) is 5.91 Å². The molecule has 0 aromatic heterocycles. The predicted octanol–water partition coefficient (Wildman–Crippen LogP) is 4.72. The summed E-state index contributed by atoms with van der Waals surface area (Å²) < 4.78 is 17.0. The maximum absolute atomic E-state index is 13.4. The number of fused-ring (bicyclic) bond motifs is 2. The predicted molar refractivity (Wildman–Crippen MR) is 115 cm³/mol. The largest absolute Gasteiger partial charge is 0.495 e. The Morgan fingerprint density at radius 3 is 2.20 bits per heavy atom. The number of carbonyl (C=O) groups is 2. The van der Waals surface area contributed by atoms with Crippen LogP contribution in [0.3, 0.4) is 0 Å². The van der Waals surface area contributed by atoms with Gasteiger partial charge in [-0.3, -0.25) is 9.59 Å². The number of methoxy groups -OCH3 is 1. The van der Waals surface area contributed by atoms with Crippen LogP contribution < -0.4 is 19.1 Å². The van der Waals surface area contributed by atoms with Crippen LogP contribution in [0.4, 0.5) is 5.69 Å². The van der Waals surface area contributed by atoms with E-state index in [1.807, 2.05) is 38.1 Å². The molecule has 0 spiro atoms. The summed E-state index contributed by atoms with van der Waals surface area (Å²) in [7, 11) is 1.58. The molecule has 0 unspecified atom stereocenters. The van der Waals surface area contributed by atoms with Gasteiger partial charge in [-0.25, -0.2) is 0 Å². The van der Waals surface area contributed by atoms with Crippen LogP contribution in [-0.4, -0.2) is 25.1 Å². The first kappa shape index (κ1) is 19.8. The number of esters is 1. The highest BCUT2D eigenvalue weighted by Gasteiger charge is 2.36. The minimum Gasteiger partial charge on any atom is -0.495 e. The highest BCUT2D eigenvalue weighted by molar-refractivity contribution is 6.16. The Labute approximate surface area is 175 Å². The Morgan fingerprint density at radius 2 is 1.63 bits per heavy atom. The molecule has 1 aliphatic rings. The van der Waals surface area contributed by atoms with E-state index in [0.29, 0.717) is 35.0 Å². The quantitative estimate of drug-likeness (QED) is 0.454. The first-order chi connectivity index (χ1) is 14.4. The van der Waals surface area contributed by atoms with Crippen molar-refractivity contribution in [1.29, 1.82) is 0 Å². The summed E-state index contributed by atoms with van der Waals surface area (Å²) >= 11 is 0. The van der Waals surface area contributed by atoms with E-state index in [0.717, 1.165) is 16.3 Å². The monoisotopic (exact) mass is 405 g/mol. The number of benzene rings is 3. The summed E-state index contributed by atoms with van der Waals surface area (Å²) in [6.07, 6.45) is -0.0435. The minimum atomic E-state index is -0.390. The lowest BCUT2D eigenvalue weighted by Gasteiger charge is -2.18. The van der Waals surface area contributed by atoms with Crippen LogP contribution in [0.25, 0.3) is 10.8 Å². The fourth-order valence-corrected chi connectivity index (χ4v) is 3.82. The standard InChI is InChI=1S/C24H23NO5/c1-14(2)29-22-18-7-5-6-8-19(18)23(28-4)21-20(22)13-25(24(21)27)16-9-11-17(12-10-16)30-15(3)26/h5-12,14H,13H2,1-4H3. The maximum atomic E-state index is 13.4. The summed E-state index contributed by atoms with van der Waals surface area (Å²) in [6, 6.07) is 14.7. The van der Waals surface area contributed by atoms with Crippen LogP contribution in [0.15, 0.2) is 48.5 Å². The fourth-order valence-electron chi connectivity index (χ4n) is 3.82. The van der Waals surface area contributed by atoms with Crippen molar-refractivity contribution >= 4 is 28.3 Å². The molecule has 1 heterocycles. The van der Waals surface area contributed by atoms with Crippen molar-refractivity contribution in [3.63, 3.8) is 0 Å². The van der Waals surface area contributed by atoms with Gasteiger partial charge in [-0.05, 0) is 38.1 Å². The molecule has 0 atom stereocenters. The molecule has 3 aromatic rings. The van der Waals surface area contributed by atoms with Crippen LogP contribution in [-0.2, 0) is 11.3 Å². The SMILES string of the molecule is COc1c2c(c(OC(C)C)c3ccccc13)CN(c1ccc(OC(C)=O)cc1)C2=O. The number of hydrogen-bond acceptors (Lipinski definition) is 5. The molecule has 30 heavy (non-hydrogen) atoms. The molecule has 0 bridgehead atoms. The molecule has 0 radical (unpaired) electrons. The van der Waals surface area contributed by atoms with E-state index in [9.17, 15) is 9.59 Å². The number of ether oxygens (including phenoxy) is 3. The number of amides is 1. The molecule has 154 valence electrons. The zero-order valence-corrected chi connectivity index (χ0v) is 17.4. The molecule has 1 aliphatic heterocycles. The van der Waals surface area contributed by atoms with Gasteiger partial charge in [0.1, 0.15) is 17.2 Å². The van der Waals surface area contributed by atoms with Gasteiger partial charge in [0.05, 0.1) is 25.3 Å². The molecule has 6 heteroatoms. The second-order valence-electron chi connectivity index (χ2n) is 7.41. The Bertz CT molecular complexity index is 1130. The fraction of sp³-hybridized carbons (Fsp3) is 0.250. The Hall–Kier alpha value is -3.54. The third kappa shape index (κ3) is 3.34. The molecule has 0 aliphatic carbocycles. The van der Waals surface area contributed by atoms with E-state index in [-0.39, 0.29) is 18.0 Å². The smallest absolute Gasteiger partial charge is 0.308 e. The normalized spacial score (nSPS) is 13.0. The van der Waals surface area contributed by atoms with Gasteiger partial charge in [0.15, 0.2) is 0 Å². The first-order valence-electron chi connectivity index (χ1n) is 9.79. The van der Waals surface area contributed by atoms with Gasteiger partial charge >= 0.3 is 5.97 Å². The topological polar surface area (TPSA) is 65.1 Å². The van der Waals surface area contributed by atoms with Crippen LogP contribution in [0.1, 0.15) is 36.7 Å². The van der Waals surface area contributed by atoms with Crippen molar-refractivity contribution in [1.82, 2.24) is 0 Å². The Kier molecular flexibility index (Phi) is 5.08. The van der Waals surface area contributed by atoms with Gasteiger partial charge in [-0.1, -0.05) is 24.3 Å². The zero-order chi connectivity index (χ0) is 21.4. The molecule has 0 saturated carbocycles. The molecule has 3 aromatic carbocycles. The van der Waals surface area contributed by atoms with Gasteiger partial charge in [-0.15, -0.1) is 0 Å². The van der Waals surface area contributed by atoms with E-state index < -0.39 is 0 Å². The highest BCUT2D eigenvalue weighted by Crippen LogP contribution is 2.46. The van der Waals surface area contributed by atoms with Crippen LogP contribution in [0.5, 0.6) is 17.2 Å². The number of carbonyl (C=O) groups excluding carboxylic acids is 2. The number of hydrogen-bond donors (Lipinski definition) is 0. The number of rotatable bonds is 5. The molecular formula is C24H23NO5. The third-order valence-electron chi connectivity index (χ3n) is 4.96. The summed E-state index contributed by atoms with van der Waals surface area (Å²) in [5.74, 6) is 1.16. The summed E-state index contributed by atoms with van der Waals surface area (Å²) in [6.45, 7) is 5.65. The summed E-state index contributed by atoms with van der Waals surface area (Å²) in [4.78, 5) is 26.3. The molecule has 0 N–H and O–H groups in total. The lowest BCUT2D eigenvalue weighted by Crippen LogP contribution is -2.23. The van der Waals surface area contributed by atoms with Crippen molar-refractivity contribution in [2.75, 3.05) is 12.0 Å². The van der Waals surface area contributed by atoms with Crippen LogP contribution in [0.2, 0.25) is 0 Å². The molecule has 4 rings (SSSR count). The maximum Gasteiger partial charge on any atom is 0.308 e. The van der Waals surface area contributed by atoms with Crippen LogP contribution >= 0.6 is 0 Å². The zero-order valence-electron chi connectivity index (χ0n) is 17.4. The van der Waals surface area contributed by atoms with E-state index in [1.165, 1.54) is 6.92 Å². The number of nitrogens with zero attached hydrogens (tertiary/aromatic N) is 1. The Morgan fingerprint density at radius 1 is 1.00 bits per heavy atom. The van der Waals surface area contributed by atoms with Gasteiger partial charge in [0.2, 0.25) is 0 Å². The molecule has 0 saturated heterocycles. The summed E-state index contributed by atoms with van der Waals surface area (Å²) in [5, 5.41) is 1.76. The van der Waals surface area contributed by atoms with Gasteiger partial charge in [0, 0.05) is 28.9 Å². The van der Waals surface area contributed by atoms with Crippen molar-refractivity contribution < 1.29 is 23.8 Å². The van der Waals surface area contributed by atoms with E-state index in [2.05, 4.69) is 0 Å². The molecule has 1 amide bonds. The second-order valence-corrected chi connectivity index (χ2v) is 7.41. The van der Waals surface area contributed by atoms with Crippen molar-refractivity contribution in [3.8, 4) is 17.2 Å². The molecule has 6 nitrogen and oxygen atoms in total. The average Bonchev–Trinajstić information content (AvgIpc) is 3.05. The molecular weight excluding hydrogens is 382 g/mol. The van der Waals surface area contributed by atoms with E-state index >= 15 is 0 Å². The minimum absolute atomic E-state index is 0.0435. The van der Waals surface area contributed by atoms with E-state index in [4.69, 9.17) is 14.2 Å². The summed E-state index contributed by atoms with van der Waals surface area (Å²) in [5.41, 5.74) is 2.04. The lowest BCUT2D eigenvalue weighted by molar-refractivity contribution is -0.131. The van der Waals surface area contributed by atoms with Crippen molar-refractivity contribution in [2.24, 2.45) is 0 Å². The van der Waals surface area contributed by atoms with Crippen LogP contribution in [0, 0.1) is 0 Å². The average molecular weight is 405 g/mol. The van der Waals surface area contributed by atoms with Gasteiger partial charge < -0.3 is 19.1 Å². The van der Waals surface area contributed by atoms with Crippen molar-refractivity contribution in [3.05, 3.63) is 59.7 Å². The second kappa shape index (κ2) is 7.71.